The molecule has 2 nitrogen and oxygen atoms in total. The Bertz CT molecular complexity index is 3490. The Kier molecular flexibility index (Phi) is 6.59. The molecule has 0 fully saturated rings. The van der Waals surface area contributed by atoms with Crippen LogP contribution in [0.3, 0.4) is 0 Å². The van der Waals surface area contributed by atoms with Crippen LogP contribution in [-0.4, -0.2) is 9.13 Å². The fraction of sp³-hybridized carbons (Fsp3) is 0.0357. The fourth-order valence-electron chi connectivity index (χ4n) is 10.6. The molecule has 0 saturated heterocycles. The van der Waals surface area contributed by atoms with Gasteiger partial charge in [0.15, 0.2) is 0 Å². The molecule has 0 aliphatic heterocycles. The van der Waals surface area contributed by atoms with E-state index < -0.39 is 0 Å². The van der Waals surface area contributed by atoms with Gasteiger partial charge in [0.25, 0.3) is 0 Å². The molecule has 0 bridgehead atoms. The maximum atomic E-state index is 2.55. The molecule has 0 atom stereocenters. The van der Waals surface area contributed by atoms with Crippen LogP contribution >= 0.6 is 0 Å². The number of hydrogen-bond donors (Lipinski definition) is 0. The van der Waals surface area contributed by atoms with Crippen molar-refractivity contribution in [1.82, 2.24) is 9.13 Å². The summed E-state index contributed by atoms with van der Waals surface area (Å²) in [6, 6.07) is 72.1. The van der Waals surface area contributed by atoms with Gasteiger partial charge in [0.2, 0.25) is 0 Å². The van der Waals surface area contributed by atoms with Gasteiger partial charge in [-0.15, -0.1) is 0 Å². The van der Waals surface area contributed by atoms with Crippen molar-refractivity contribution in [2.24, 2.45) is 0 Å². The quantitative estimate of drug-likeness (QED) is 0.170. The van der Waals surface area contributed by atoms with Gasteiger partial charge in [-0.2, -0.15) is 0 Å². The summed E-state index contributed by atoms with van der Waals surface area (Å²) in [4.78, 5) is 0. The van der Waals surface area contributed by atoms with Crippen LogP contribution in [0.2, 0.25) is 0 Å². The molecule has 13 rings (SSSR count). The van der Waals surface area contributed by atoms with Gasteiger partial charge in [0.1, 0.15) is 0 Å². The molecule has 9 aromatic carbocycles. The standard InChI is InChI=1S/C56H36N2/c1-2-13-35(14-3-1)36-27-29-37(30-28-36)39-19-10-20-42-43-22-12-26-52(48(43)34-46(39)42)58-50-24-9-7-18-45(50)56-54(58)32-31-53-55(56)44-17-6-8-23-49(44)57(53)51-25-11-21-41-40-16-5-4-15-38(40)33-47(41)51/h1-32H,33-34H2. The van der Waals surface area contributed by atoms with Gasteiger partial charge in [-0.25, -0.2) is 0 Å². The number of benzene rings is 9. The third-order valence-electron chi connectivity index (χ3n) is 13.1. The Hall–Kier alpha value is -7.42. The zero-order chi connectivity index (χ0) is 37.9. The number of aromatic nitrogens is 2. The van der Waals surface area contributed by atoms with E-state index in [0.29, 0.717) is 0 Å². The van der Waals surface area contributed by atoms with E-state index in [4.69, 9.17) is 0 Å². The first-order valence-electron chi connectivity index (χ1n) is 20.4. The summed E-state index contributed by atoms with van der Waals surface area (Å²) in [5.74, 6) is 0. The van der Waals surface area contributed by atoms with Gasteiger partial charge in [0.05, 0.1) is 33.4 Å². The Balaban J connectivity index is 1.01. The largest absolute Gasteiger partial charge is 0.309 e. The summed E-state index contributed by atoms with van der Waals surface area (Å²) in [6.45, 7) is 0. The molecule has 270 valence electrons. The van der Waals surface area contributed by atoms with Gasteiger partial charge in [0, 0.05) is 34.4 Å². The molecular weight excluding hydrogens is 701 g/mol. The number of fused-ring (bicyclic) bond motifs is 13. The number of hydrogen-bond acceptors (Lipinski definition) is 0. The Morgan fingerprint density at radius 2 is 0.741 bits per heavy atom. The van der Waals surface area contributed by atoms with E-state index in [-0.39, 0.29) is 0 Å². The summed E-state index contributed by atoms with van der Waals surface area (Å²) < 4.78 is 5.08. The van der Waals surface area contributed by atoms with Gasteiger partial charge in [-0.1, -0.05) is 158 Å². The van der Waals surface area contributed by atoms with Crippen LogP contribution in [0.1, 0.15) is 22.3 Å². The maximum Gasteiger partial charge on any atom is 0.0549 e. The third kappa shape index (κ3) is 4.37. The first-order chi connectivity index (χ1) is 28.8. The average Bonchev–Trinajstić information content (AvgIpc) is 4.04. The molecule has 0 spiro atoms. The van der Waals surface area contributed by atoms with E-state index in [1.165, 1.54) is 122 Å². The van der Waals surface area contributed by atoms with Crippen molar-refractivity contribution in [3.05, 3.63) is 216 Å². The van der Waals surface area contributed by atoms with Crippen molar-refractivity contribution in [3.8, 4) is 55.9 Å². The molecule has 0 amide bonds. The second kappa shape index (κ2) is 12.0. The second-order valence-corrected chi connectivity index (χ2v) is 16.0. The van der Waals surface area contributed by atoms with Crippen LogP contribution in [0.5, 0.6) is 0 Å². The highest BCUT2D eigenvalue weighted by molar-refractivity contribution is 6.29. The minimum atomic E-state index is 0.883. The lowest BCUT2D eigenvalue weighted by molar-refractivity contribution is 1.12. The van der Waals surface area contributed by atoms with Crippen LogP contribution in [0.15, 0.2) is 194 Å². The van der Waals surface area contributed by atoms with Crippen molar-refractivity contribution in [2.45, 2.75) is 12.8 Å². The van der Waals surface area contributed by atoms with Gasteiger partial charge >= 0.3 is 0 Å². The van der Waals surface area contributed by atoms with Crippen molar-refractivity contribution < 1.29 is 0 Å². The molecule has 0 radical (unpaired) electrons. The number of nitrogens with zero attached hydrogens (tertiary/aromatic N) is 2. The van der Waals surface area contributed by atoms with E-state index in [2.05, 4.69) is 203 Å². The molecule has 2 aliphatic rings. The SMILES string of the molecule is c1ccc(-c2ccc(-c3cccc4c3Cc3c-4cccc3-n3c4ccccc4c4c5c6ccccc6n(-c6cccc7c6Cc6ccccc6-7)c5ccc43)cc2)cc1. The van der Waals surface area contributed by atoms with E-state index in [1.54, 1.807) is 0 Å². The minimum absolute atomic E-state index is 0.883. The zero-order valence-electron chi connectivity index (χ0n) is 31.8. The van der Waals surface area contributed by atoms with Crippen LogP contribution in [0.4, 0.5) is 0 Å². The van der Waals surface area contributed by atoms with Crippen molar-refractivity contribution >= 4 is 43.6 Å². The first-order valence-corrected chi connectivity index (χ1v) is 20.4. The first kappa shape index (κ1) is 31.7. The highest BCUT2D eigenvalue weighted by Crippen LogP contribution is 2.48. The van der Waals surface area contributed by atoms with E-state index in [0.717, 1.165) is 12.8 Å². The zero-order valence-corrected chi connectivity index (χ0v) is 31.8. The van der Waals surface area contributed by atoms with Gasteiger partial charge in [-0.05, 0) is 103 Å². The predicted octanol–water partition coefficient (Wildman–Crippen LogP) is 14.4. The van der Waals surface area contributed by atoms with E-state index in [1.807, 2.05) is 0 Å². The number of para-hydroxylation sites is 2. The Labute approximate surface area is 336 Å². The van der Waals surface area contributed by atoms with E-state index >= 15 is 0 Å². The summed E-state index contributed by atoms with van der Waals surface area (Å²) in [5, 5.41) is 5.19. The molecule has 0 saturated carbocycles. The van der Waals surface area contributed by atoms with E-state index in [9.17, 15) is 0 Å². The summed E-state index contributed by atoms with van der Waals surface area (Å²) in [7, 11) is 0. The molecule has 0 N–H and O–H groups in total. The minimum Gasteiger partial charge on any atom is -0.309 e. The van der Waals surface area contributed by atoms with Crippen LogP contribution < -0.4 is 0 Å². The highest BCUT2D eigenvalue weighted by atomic mass is 15.0. The lowest BCUT2D eigenvalue weighted by Gasteiger charge is -2.14. The monoisotopic (exact) mass is 736 g/mol. The molecule has 2 heterocycles. The smallest absolute Gasteiger partial charge is 0.0549 e. The van der Waals surface area contributed by atoms with Crippen LogP contribution in [0, 0.1) is 0 Å². The summed E-state index contributed by atoms with van der Waals surface area (Å²) in [5.41, 5.74) is 23.5. The fourth-order valence-corrected chi connectivity index (χ4v) is 10.6. The topological polar surface area (TPSA) is 9.86 Å². The maximum absolute atomic E-state index is 2.55. The third-order valence-corrected chi connectivity index (χ3v) is 13.1. The predicted molar refractivity (Wildman–Crippen MR) is 242 cm³/mol. The molecule has 58 heavy (non-hydrogen) atoms. The molecule has 2 aromatic heterocycles. The molecular formula is C56H36N2. The Morgan fingerprint density at radius 3 is 1.41 bits per heavy atom. The lowest BCUT2D eigenvalue weighted by Crippen LogP contribution is -2.00. The summed E-state index contributed by atoms with van der Waals surface area (Å²) >= 11 is 0. The average molecular weight is 737 g/mol. The van der Waals surface area contributed by atoms with Crippen molar-refractivity contribution in [1.29, 1.82) is 0 Å². The Morgan fingerprint density at radius 1 is 0.276 bits per heavy atom. The molecule has 0 unspecified atom stereocenters. The van der Waals surface area contributed by atoms with Crippen molar-refractivity contribution in [2.75, 3.05) is 0 Å². The molecule has 11 aromatic rings. The highest BCUT2D eigenvalue weighted by Gasteiger charge is 2.28. The van der Waals surface area contributed by atoms with Gasteiger partial charge < -0.3 is 9.13 Å². The molecule has 2 heteroatoms. The van der Waals surface area contributed by atoms with Crippen molar-refractivity contribution in [3.63, 3.8) is 0 Å². The second-order valence-electron chi connectivity index (χ2n) is 16.0. The normalized spacial score (nSPS) is 12.7. The number of rotatable bonds is 4. The molecule has 2 aliphatic carbocycles. The van der Waals surface area contributed by atoms with Crippen LogP contribution in [-0.2, 0) is 12.8 Å². The summed E-state index contributed by atoms with van der Waals surface area (Å²) in [6.07, 6.45) is 1.83. The lowest BCUT2D eigenvalue weighted by atomic mass is 9.94. The van der Waals surface area contributed by atoms with Crippen LogP contribution in [0.25, 0.3) is 99.5 Å². The van der Waals surface area contributed by atoms with Gasteiger partial charge in [-0.3, -0.25) is 0 Å².